The Morgan fingerprint density at radius 2 is 1.80 bits per heavy atom. The molecule has 0 heterocycles. The zero-order chi connectivity index (χ0) is 14.4. The van der Waals surface area contributed by atoms with E-state index in [4.69, 9.17) is 0 Å². The maximum atomic E-state index is 9.48. The lowest BCUT2D eigenvalue weighted by Gasteiger charge is -2.32. The van der Waals surface area contributed by atoms with Crippen LogP contribution in [-0.4, -0.2) is 23.4 Å². The molecule has 1 aliphatic carbocycles. The highest BCUT2D eigenvalue weighted by atomic mass is 16.3. The molecule has 3 N–H and O–H groups in total. The number of hydrogen-bond donors (Lipinski definition) is 3. The molecule has 3 atom stereocenters. The molecule has 1 fully saturated rings. The molecular formula is C17H27NO2. The van der Waals surface area contributed by atoms with E-state index in [9.17, 15) is 10.2 Å². The van der Waals surface area contributed by atoms with Crippen LogP contribution in [0.5, 0.6) is 5.75 Å². The van der Waals surface area contributed by atoms with Crippen molar-refractivity contribution in [3.63, 3.8) is 0 Å². The number of hydrogen-bond acceptors (Lipinski definition) is 3. The van der Waals surface area contributed by atoms with Gasteiger partial charge in [0, 0.05) is 12.6 Å². The third-order valence-electron chi connectivity index (χ3n) is 4.63. The van der Waals surface area contributed by atoms with Gasteiger partial charge in [-0.2, -0.15) is 0 Å². The second-order valence-electron chi connectivity index (χ2n) is 5.95. The molecule has 0 radical (unpaired) electrons. The molecular weight excluding hydrogens is 250 g/mol. The smallest absolute Gasteiger partial charge is 0.115 e. The van der Waals surface area contributed by atoms with Crippen LogP contribution in [0.3, 0.4) is 0 Å². The average Bonchev–Trinajstić information content (AvgIpc) is 2.50. The van der Waals surface area contributed by atoms with Crippen LogP contribution in [0.15, 0.2) is 24.3 Å². The van der Waals surface area contributed by atoms with Gasteiger partial charge in [-0.3, -0.25) is 0 Å². The lowest BCUT2D eigenvalue weighted by molar-refractivity contribution is 0.131. The molecule has 0 amide bonds. The van der Waals surface area contributed by atoms with Gasteiger partial charge in [-0.05, 0) is 55.3 Å². The molecule has 20 heavy (non-hydrogen) atoms. The Morgan fingerprint density at radius 1 is 1.15 bits per heavy atom. The van der Waals surface area contributed by atoms with Crippen molar-refractivity contribution < 1.29 is 10.2 Å². The van der Waals surface area contributed by atoms with E-state index in [0.717, 1.165) is 13.0 Å². The highest BCUT2D eigenvalue weighted by Gasteiger charge is 2.24. The fourth-order valence-corrected chi connectivity index (χ4v) is 3.29. The average molecular weight is 277 g/mol. The second-order valence-corrected chi connectivity index (χ2v) is 5.95. The van der Waals surface area contributed by atoms with Gasteiger partial charge in [0.05, 0.1) is 0 Å². The van der Waals surface area contributed by atoms with Crippen LogP contribution in [0, 0.1) is 11.8 Å². The van der Waals surface area contributed by atoms with Crippen molar-refractivity contribution in [2.24, 2.45) is 11.8 Å². The number of benzene rings is 1. The summed E-state index contributed by atoms with van der Waals surface area (Å²) in [5.74, 6) is 1.38. The molecule has 0 aromatic heterocycles. The topological polar surface area (TPSA) is 52.5 Å². The Balaban J connectivity index is 1.91. The number of aromatic hydroxyl groups is 1. The van der Waals surface area contributed by atoms with Crippen molar-refractivity contribution in [3.05, 3.63) is 29.8 Å². The highest BCUT2D eigenvalue weighted by Crippen LogP contribution is 2.30. The Morgan fingerprint density at radius 3 is 2.40 bits per heavy atom. The highest BCUT2D eigenvalue weighted by molar-refractivity contribution is 5.27. The number of nitrogens with one attached hydrogen (secondary N) is 1. The minimum absolute atomic E-state index is 0.316. The van der Waals surface area contributed by atoms with Gasteiger partial charge < -0.3 is 15.5 Å². The summed E-state index contributed by atoms with van der Waals surface area (Å²) in [7, 11) is 0. The van der Waals surface area contributed by atoms with Gasteiger partial charge in [-0.1, -0.05) is 31.9 Å². The number of phenolic OH excluding ortho intramolecular Hbond substituents is 1. The summed E-state index contributed by atoms with van der Waals surface area (Å²) >= 11 is 0. The van der Waals surface area contributed by atoms with Crippen LogP contribution in [-0.2, 0) is 0 Å². The van der Waals surface area contributed by atoms with Crippen LogP contribution >= 0.6 is 0 Å². The molecule has 2 rings (SSSR count). The van der Waals surface area contributed by atoms with E-state index in [1.54, 1.807) is 12.1 Å². The van der Waals surface area contributed by atoms with E-state index >= 15 is 0 Å². The Labute approximate surface area is 122 Å². The summed E-state index contributed by atoms with van der Waals surface area (Å²) in [5, 5.41) is 22.5. The van der Waals surface area contributed by atoms with Gasteiger partial charge in [0.2, 0.25) is 0 Å². The normalized spacial score (nSPS) is 24.5. The van der Waals surface area contributed by atoms with Gasteiger partial charge in [0.15, 0.2) is 0 Å². The molecule has 0 bridgehead atoms. The third kappa shape index (κ3) is 3.97. The second kappa shape index (κ2) is 7.65. The standard InChI is InChI=1S/C17H27NO2/c1-2-17(13-7-9-16(20)10-8-13)18-11-14-5-3-4-6-15(14)12-19/h7-10,14-15,17-20H,2-6,11-12H2,1H3. The van der Waals surface area contributed by atoms with E-state index < -0.39 is 0 Å². The molecule has 0 spiro atoms. The van der Waals surface area contributed by atoms with Crippen molar-refractivity contribution in [1.29, 1.82) is 0 Å². The van der Waals surface area contributed by atoms with Crippen LogP contribution in [0.25, 0.3) is 0 Å². The molecule has 3 unspecified atom stereocenters. The molecule has 3 heteroatoms. The van der Waals surface area contributed by atoms with Crippen molar-refractivity contribution in [2.45, 2.75) is 45.1 Å². The molecule has 0 aliphatic heterocycles. The van der Waals surface area contributed by atoms with Crippen molar-refractivity contribution in [1.82, 2.24) is 5.32 Å². The molecule has 0 saturated heterocycles. The summed E-state index contributed by atoms with van der Waals surface area (Å²) in [6, 6.07) is 7.80. The number of aliphatic hydroxyl groups excluding tert-OH is 1. The van der Waals surface area contributed by atoms with Gasteiger partial charge in [0.25, 0.3) is 0 Å². The summed E-state index contributed by atoms with van der Waals surface area (Å²) in [5.41, 5.74) is 1.22. The van der Waals surface area contributed by atoms with Crippen molar-refractivity contribution in [3.8, 4) is 5.75 Å². The van der Waals surface area contributed by atoms with E-state index in [1.807, 2.05) is 12.1 Å². The largest absolute Gasteiger partial charge is 0.508 e. The minimum atomic E-state index is 0.316. The van der Waals surface area contributed by atoms with Gasteiger partial charge in [-0.25, -0.2) is 0 Å². The van der Waals surface area contributed by atoms with Crippen LogP contribution in [0.2, 0.25) is 0 Å². The monoisotopic (exact) mass is 277 g/mol. The first-order valence-corrected chi connectivity index (χ1v) is 7.87. The summed E-state index contributed by atoms with van der Waals surface area (Å²) in [6.07, 6.45) is 5.97. The van der Waals surface area contributed by atoms with Crippen LogP contribution in [0.4, 0.5) is 0 Å². The first-order valence-electron chi connectivity index (χ1n) is 7.87. The van der Waals surface area contributed by atoms with E-state index in [-0.39, 0.29) is 0 Å². The maximum absolute atomic E-state index is 9.48. The Hall–Kier alpha value is -1.06. The minimum Gasteiger partial charge on any atom is -0.508 e. The summed E-state index contributed by atoms with van der Waals surface area (Å²) in [4.78, 5) is 0. The fourth-order valence-electron chi connectivity index (χ4n) is 3.29. The third-order valence-corrected chi connectivity index (χ3v) is 4.63. The number of rotatable bonds is 6. The maximum Gasteiger partial charge on any atom is 0.115 e. The van der Waals surface area contributed by atoms with E-state index in [1.165, 1.54) is 31.2 Å². The van der Waals surface area contributed by atoms with Crippen LogP contribution < -0.4 is 5.32 Å². The van der Waals surface area contributed by atoms with Gasteiger partial charge in [-0.15, -0.1) is 0 Å². The van der Waals surface area contributed by atoms with Crippen molar-refractivity contribution in [2.75, 3.05) is 13.2 Å². The molecule has 1 saturated carbocycles. The predicted molar refractivity (Wildman–Crippen MR) is 81.7 cm³/mol. The lowest BCUT2D eigenvalue weighted by Crippen LogP contribution is -2.34. The van der Waals surface area contributed by atoms with E-state index in [2.05, 4.69) is 12.2 Å². The molecule has 3 nitrogen and oxygen atoms in total. The lowest BCUT2D eigenvalue weighted by atomic mass is 9.79. The number of aliphatic hydroxyl groups is 1. The van der Waals surface area contributed by atoms with Gasteiger partial charge >= 0.3 is 0 Å². The zero-order valence-electron chi connectivity index (χ0n) is 12.4. The van der Waals surface area contributed by atoms with Crippen LogP contribution in [0.1, 0.15) is 50.6 Å². The first-order chi connectivity index (χ1) is 9.74. The SMILES string of the molecule is CCC(NCC1CCCCC1CO)c1ccc(O)cc1. The Bertz CT molecular complexity index is 390. The zero-order valence-corrected chi connectivity index (χ0v) is 12.4. The molecule has 1 aromatic carbocycles. The predicted octanol–water partition coefficient (Wildman–Crippen LogP) is 3.23. The molecule has 1 aliphatic rings. The molecule has 1 aromatic rings. The first kappa shape index (κ1) is 15.3. The fraction of sp³-hybridized carbons (Fsp3) is 0.647. The van der Waals surface area contributed by atoms with E-state index in [0.29, 0.717) is 30.2 Å². The quantitative estimate of drug-likeness (QED) is 0.748. The van der Waals surface area contributed by atoms with Crippen molar-refractivity contribution >= 4 is 0 Å². The number of phenols is 1. The summed E-state index contributed by atoms with van der Waals surface area (Å²) in [6.45, 7) is 3.47. The Kier molecular flexibility index (Phi) is 5.86. The van der Waals surface area contributed by atoms with Gasteiger partial charge in [0.1, 0.15) is 5.75 Å². The summed E-state index contributed by atoms with van der Waals surface area (Å²) < 4.78 is 0. The molecule has 112 valence electrons.